The van der Waals surface area contributed by atoms with E-state index in [-0.39, 0.29) is 16.9 Å². The van der Waals surface area contributed by atoms with Crippen LogP contribution in [0.1, 0.15) is 53.6 Å². The molecule has 4 rings (SSSR count). The van der Waals surface area contributed by atoms with Crippen LogP contribution < -0.4 is 5.56 Å². The Bertz CT molecular complexity index is 1140. The second kappa shape index (κ2) is 6.99. The molecule has 7 heteroatoms. The number of aromatic nitrogens is 4. The number of carbonyl (C=O) groups is 1. The summed E-state index contributed by atoms with van der Waals surface area (Å²) >= 11 is 0. The summed E-state index contributed by atoms with van der Waals surface area (Å²) in [5.41, 5.74) is 3.81. The van der Waals surface area contributed by atoms with Gasteiger partial charge in [0.2, 0.25) is 5.95 Å². The van der Waals surface area contributed by atoms with Gasteiger partial charge >= 0.3 is 0 Å². The zero-order valence-electron chi connectivity index (χ0n) is 17.2. The summed E-state index contributed by atoms with van der Waals surface area (Å²) in [5, 5.41) is 4.35. The van der Waals surface area contributed by atoms with Crippen molar-refractivity contribution < 1.29 is 4.79 Å². The van der Waals surface area contributed by atoms with E-state index in [1.807, 2.05) is 44.7 Å². The minimum Gasteiger partial charge on any atom is -0.334 e. The molecule has 1 aliphatic heterocycles. The summed E-state index contributed by atoms with van der Waals surface area (Å²) in [5.74, 6) is 0.264. The standard InChI is InChI=1S/C22H25N5O2/c1-14-17(20(29)26-10-9-15-7-5-6-8-16(15)13-26)12-23-27(14)21-24-18(22(2,3)4)11-19(28)25-21/h5-8,11-12H,9-10,13H2,1-4H3,(H,24,25,28). The van der Waals surface area contributed by atoms with E-state index in [0.717, 1.165) is 6.42 Å². The topological polar surface area (TPSA) is 83.9 Å². The summed E-state index contributed by atoms with van der Waals surface area (Å²) in [6.07, 6.45) is 2.40. The Morgan fingerprint density at radius 2 is 1.90 bits per heavy atom. The molecule has 0 bridgehead atoms. The molecule has 0 aliphatic carbocycles. The smallest absolute Gasteiger partial charge is 0.257 e. The van der Waals surface area contributed by atoms with E-state index in [1.165, 1.54) is 21.9 Å². The number of nitrogens with one attached hydrogen (secondary N) is 1. The predicted octanol–water partition coefficient (Wildman–Crippen LogP) is 2.76. The normalized spacial score (nSPS) is 14.0. The molecule has 0 spiro atoms. The fraction of sp³-hybridized carbons (Fsp3) is 0.364. The largest absolute Gasteiger partial charge is 0.334 e. The minimum absolute atomic E-state index is 0.0578. The van der Waals surface area contributed by atoms with Gasteiger partial charge in [-0.1, -0.05) is 45.0 Å². The molecule has 2 aromatic heterocycles. The second-order valence-electron chi connectivity index (χ2n) is 8.51. The highest BCUT2D eigenvalue weighted by Gasteiger charge is 2.25. The molecule has 29 heavy (non-hydrogen) atoms. The van der Waals surface area contributed by atoms with Gasteiger partial charge in [-0.2, -0.15) is 5.10 Å². The molecular formula is C22H25N5O2. The van der Waals surface area contributed by atoms with Crippen LogP contribution in [0.3, 0.4) is 0 Å². The van der Waals surface area contributed by atoms with Gasteiger partial charge in [-0.25, -0.2) is 9.67 Å². The van der Waals surface area contributed by atoms with E-state index in [1.54, 1.807) is 6.20 Å². The summed E-state index contributed by atoms with van der Waals surface area (Å²) in [6, 6.07) is 9.71. The molecule has 3 aromatic rings. The summed E-state index contributed by atoms with van der Waals surface area (Å²) in [4.78, 5) is 34.4. The number of fused-ring (bicyclic) bond motifs is 1. The molecule has 0 radical (unpaired) electrons. The van der Waals surface area contributed by atoms with E-state index in [4.69, 9.17) is 0 Å². The molecular weight excluding hydrogens is 366 g/mol. The van der Waals surface area contributed by atoms with Crippen LogP contribution in [-0.2, 0) is 18.4 Å². The highest BCUT2D eigenvalue weighted by atomic mass is 16.2. The summed E-state index contributed by atoms with van der Waals surface area (Å²) < 4.78 is 1.53. The van der Waals surface area contributed by atoms with Gasteiger partial charge in [-0.3, -0.25) is 14.6 Å². The van der Waals surface area contributed by atoms with Gasteiger partial charge in [0, 0.05) is 24.6 Å². The Labute approximate surface area is 169 Å². The average molecular weight is 391 g/mol. The average Bonchev–Trinajstić information content (AvgIpc) is 3.07. The predicted molar refractivity (Wildman–Crippen MR) is 110 cm³/mol. The Kier molecular flexibility index (Phi) is 4.61. The molecule has 150 valence electrons. The van der Waals surface area contributed by atoms with Crippen LogP contribution >= 0.6 is 0 Å². The van der Waals surface area contributed by atoms with E-state index in [2.05, 4.69) is 27.2 Å². The van der Waals surface area contributed by atoms with Crippen molar-refractivity contribution in [1.82, 2.24) is 24.6 Å². The number of H-pyrrole nitrogens is 1. The van der Waals surface area contributed by atoms with Crippen LogP contribution in [0, 0.1) is 6.92 Å². The molecule has 0 saturated carbocycles. The molecule has 1 N–H and O–H groups in total. The van der Waals surface area contributed by atoms with Gasteiger partial charge in [0.15, 0.2) is 0 Å². The van der Waals surface area contributed by atoms with Gasteiger partial charge in [0.05, 0.1) is 23.1 Å². The third-order valence-electron chi connectivity index (χ3n) is 5.36. The molecule has 1 aromatic carbocycles. The third-order valence-corrected chi connectivity index (χ3v) is 5.36. The lowest BCUT2D eigenvalue weighted by atomic mass is 9.92. The fourth-order valence-corrected chi connectivity index (χ4v) is 3.60. The van der Waals surface area contributed by atoms with Gasteiger partial charge in [-0.05, 0) is 24.5 Å². The van der Waals surface area contributed by atoms with Crippen molar-refractivity contribution in [3.05, 3.63) is 75.0 Å². The number of rotatable bonds is 2. The van der Waals surface area contributed by atoms with Gasteiger partial charge in [0.25, 0.3) is 11.5 Å². The first kappa shape index (κ1) is 19.1. The lowest BCUT2D eigenvalue weighted by Gasteiger charge is -2.28. The fourth-order valence-electron chi connectivity index (χ4n) is 3.60. The molecule has 7 nitrogen and oxygen atoms in total. The first-order valence-electron chi connectivity index (χ1n) is 9.77. The van der Waals surface area contributed by atoms with Crippen LogP contribution in [0.4, 0.5) is 0 Å². The van der Waals surface area contributed by atoms with E-state index in [9.17, 15) is 9.59 Å². The number of benzene rings is 1. The Morgan fingerprint density at radius 3 is 2.62 bits per heavy atom. The quantitative estimate of drug-likeness (QED) is 0.728. The molecule has 0 unspecified atom stereocenters. The van der Waals surface area contributed by atoms with Crippen LogP contribution in [0.5, 0.6) is 0 Å². The van der Waals surface area contributed by atoms with Crippen molar-refractivity contribution in [2.24, 2.45) is 0 Å². The number of amides is 1. The van der Waals surface area contributed by atoms with Crippen molar-refractivity contribution in [1.29, 1.82) is 0 Å². The Balaban J connectivity index is 1.65. The van der Waals surface area contributed by atoms with E-state index in [0.29, 0.717) is 36.0 Å². The van der Waals surface area contributed by atoms with Crippen LogP contribution in [-0.4, -0.2) is 37.1 Å². The maximum absolute atomic E-state index is 13.1. The molecule has 0 saturated heterocycles. The monoisotopic (exact) mass is 391 g/mol. The number of hydrogen-bond acceptors (Lipinski definition) is 4. The molecule has 1 amide bonds. The molecule has 1 aliphatic rings. The number of nitrogens with zero attached hydrogens (tertiary/aromatic N) is 4. The number of hydrogen-bond donors (Lipinski definition) is 1. The van der Waals surface area contributed by atoms with Gasteiger partial charge in [0.1, 0.15) is 0 Å². The molecule has 0 atom stereocenters. The van der Waals surface area contributed by atoms with Crippen molar-refractivity contribution in [3.63, 3.8) is 0 Å². The third kappa shape index (κ3) is 3.60. The van der Waals surface area contributed by atoms with Crippen molar-refractivity contribution >= 4 is 5.91 Å². The number of aromatic amines is 1. The zero-order valence-corrected chi connectivity index (χ0v) is 17.2. The number of carbonyl (C=O) groups excluding carboxylic acids is 1. The van der Waals surface area contributed by atoms with Gasteiger partial charge in [-0.15, -0.1) is 0 Å². The zero-order chi connectivity index (χ0) is 20.8. The van der Waals surface area contributed by atoms with Crippen molar-refractivity contribution in [2.75, 3.05) is 6.54 Å². The van der Waals surface area contributed by atoms with Crippen molar-refractivity contribution in [3.8, 4) is 5.95 Å². The lowest BCUT2D eigenvalue weighted by Crippen LogP contribution is -2.36. The van der Waals surface area contributed by atoms with Gasteiger partial charge < -0.3 is 4.90 Å². The highest BCUT2D eigenvalue weighted by molar-refractivity contribution is 5.95. The summed E-state index contributed by atoms with van der Waals surface area (Å²) in [6.45, 7) is 9.08. The maximum atomic E-state index is 13.1. The van der Waals surface area contributed by atoms with Crippen LogP contribution in [0.2, 0.25) is 0 Å². The van der Waals surface area contributed by atoms with E-state index >= 15 is 0 Å². The van der Waals surface area contributed by atoms with Crippen molar-refractivity contribution in [2.45, 2.75) is 46.1 Å². The Morgan fingerprint density at radius 1 is 1.17 bits per heavy atom. The summed E-state index contributed by atoms with van der Waals surface area (Å²) in [7, 11) is 0. The Hall–Kier alpha value is -3.22. The van der Waals surface area contributed by atoms with Crippen LogP contribution in [0.25, 0.3) is 5.95 Å². The second-order valence-corrected chi connectivity index (χ2v) is 8.51. The first-order chi connectivity index (χ1) is 13.7. The highest BCUT2D eigenvalue weighted by Crippen LogP contribution is 2.23. The SMILES string of the molecule is Cc1c(C(=O)N2CCc3ccccc3C2)cnn1-c1nc(C(C)(C)C)cc(=O)[nH]1. The molecule has 3 heterocycles. The lowest BCUT2D eigenvalue weighted by molar-refractivity contribution is 0.0734. The minimum atomic E-state index is -0.274. The first-order valence-corrected chi connectivity index (χ1v) is 9.77. The van der Waals surface area contributed by atoms with Crippen LogP contribution in [0.15, 0.2) is 41.3 Å². The van der Waals surface area contributed by atoms with E-state index < -0.39 is 0 Å². The molecule has 0 fully saturated rings. The maximum Gasteiger partial charge on any atom is 0.257 e.